The number of ether oxygens (including phenoxy) is 1. The maximum Gasteiger partial charge on any atom is 0.309 e. The zero-order chi connectivity index (χ0) is 13.1. The van der Waals surface area contributed by atoms with Gasteiger partial charge >= 0.3 is 5.97 Å². The normalized spacial score (nSPS) is 14.2. The molecule has 0 aliphatic heterocycles. The van der Waals surface area contributed by atoms with E-state index in [0.717, 1.165) is 0 Å². The first-order chi connectivity index (χ1) is 7.88. The zero-order valence-corrected chi connectivity index (χ0v) is 11.2. The number of esters is 1. The molecule has 94 valence electrons. The van der Waals surface area contributed by atoms with Gasteiger partial charge in [-0.05, 0) is 19.9 Å². The fourth-order valence-electron chi connectivity index (χ4n) is 1.51. The maximum absolute atomic E-state index is 11.4. The number of halogens is 2. The first kappa shape index (κ1) is 14.3. The average molecular weight is 277 g/mol. The lowest BCUT2D eigenvalue weighted by molar-refractivity contribution is -0.148. The Balaban J connectivity index is 2.96. The first-order valence-corrected chi connectivity index (χ1v) is 5.96. The predicted octanol–water partition coefficient (Wildman–Crippen LogP) is 3.15. The first-order valence-electron chi connectivity index (χ1n) is 5.21. The van der Waals surface area contributed by atoms with Crippen molar-refractivity contribution in [3.05, 3.63) is 33.8 Å². The molecule has 0 radical (unpaired) electrons. The van der Waals surface area contributed by atoms with Gasteiger partial charge in [-0.15, -0.1) is 0 Å². The van der Waals surface area contributed by atoms with Crippen LogP contribution in [0.25, 0.3) is 0 Å². The third-order valence-electron chi connectivity index (χ3n) is 2.33. The molecule has 0 amide bonds. The van der Waals surface area contributed by atoms with Crippen molar-refractivity contribution in [1.29, 1.82) is 0 Å². The molecule has 1 N–H and O–H groups in total. The highest BCUT2D eigenvalue weighted by molar-refractivity contribution is 6.42. The molecule has 0 aliphatic rings. The number of benzene rings is 1. The number of hydrogen-bond acceptors (Lipinski definition) is 3. The second-order valence-corrected chi connectivity index (χ2v) is 4.64. The van der Waals surface area contributed by atoms with E-state index in [1.165, 1.54) is 6.92 Å². The van der Waals surface area contributed by atoms with Crippen LogP contribution in [0.1, 0.15) is 25.8 Å². The Labute approximate surface area is 110 Å². The van der Waals surface area contributed by atoms with Gasteiger partial charge in [-0.25, -0.2) is 0 Å². The van der Waals surface area contributed by atoms with Gasteiger partial charge in [-0.2, -0.15) is 0 Å². The van der Waals surface area contributed by atoms with Crippen molar-refractivity contribution in [3.8, 4) is 0 Å². The van der Waals surface area contributed by atoms with Gasteiger partial charge in [-0.3, -0.25) is 4.79 Å². The highest BCUT2D eigenvalue weighted by Crippen LogP contribution is 2.35. The van der Waals surface area contributed by atoms with Crippen LogP contribution in [-0.2, 0) is 15.1 Å². The van der Waals surface area contributed by atoms with E-state index in [4.69, 9.17) is 27.9 Å². The van der Waals surface area contributed by atoms with Gasteiger partial charge in [0.15, 0.2) is 0 Å². The van der Waals surface area contributed by atoms with Crippen molar-refractivity contribution in [2.75, 3.05) is 6.61 Å². The molecule has 0 spiro atoms. The number of hydrogen-bond donors (Lipinski definition) is 1. The standard InChI is InChI=1S/C12H14Cl2O3/c1-3-17-10(15)7-12(2,16)8-5-4-6-9(13)11(8)14/h4-6,16H,3,7H2,1-2H3. The van der Waals surface area contributed by atoms with Crippen molar-refractivity contribution in [2.45, 2.75) is 25.9 Å². The van der Waals surface area contributed by atoms with E-state index >= 15 is 0 Å². The van der Waals surface area contributed by atoms with Crippen molar-refractivity contribution in [1.82, 2.24) is 0 Å². The molecule has 3 nitrogen and oxygen atoms in total. The topological polar surface area (TPSA) is 46.5 Å². The smallest absolute Gasteiger partial charge is 0.309 e. The number of carbonyl (C=O) groups excluding carboxylic acids is 1. The van der Waals surface area contributed by atoms with E-state index in [-0.39, 0.29) is 18.1 Å². The van der Waals surface area contributed by atoms with E-state index < -0.39 is 11.6 Å². The van der Waals surface area contributed by atoms with Crippen molar-refractivity contribution < 1.29 is 14.6 Å². The number of rotatable bonds is 4. The Bertz CT molecular complexity index is 416. The predicted molar refractivity (Wildman–Crippen MR) is 67.3 cm³/mol. The summed E-state index contributed by atoms with van der Waals surface area (Å²) in [5, 5.41) is 10.8. The van der Waals surface area contributed by atoms with Gasteiger partial charge in [0.2, 0.25) is 0 Å². The molecule has 0 fully saturated rings. The number of carbonyl (C=O) groups is 1. The van der Waals surface area contributed by atoms with Crippen molar-refractivity contribution in [2.24, 2.45) is 0 Å². The minimum Gasteiger partial charge on any atom is -0.466 e. The van der Waals surface area contributed by atoms with E-state index in [0.29, 0.717) is 10.6 Å². The van der Waals surface area contributed by atoms with Gasteiger partial charge in [0.25, 0.3) is 0 Å². The minimum atomic E-state index is -1.39. The second-order valence-electron chi connectivity index (χ2n) is 3.86. The monoisotopic (exact) mass is 276 g/mol. The van der Waals surface area contributed by atoms with Crippen LogP contribution in [-0.4, -0.2) is 17.7 Å². The molecule has 0 bridgehead atoms. The van der Waals surface area contributed by atoms with Gasteiger partial charge in [-0.1, -0.05) is 35.3 Å². The van der Waals surface area contributed by atoms with Gasteiger partial charge in [0.1, 0.15) is 0 Å². The van der Waals surface area contributed by atoms with Gasteiger partial charge in [0.05, 0.1) is 28.7 Å². The molecule has 5 heteroatoms. The molecule has 1 unspecified atom stereocenters. The fraction of sp³-hybridized carbons (Fsp3) is 0.417. The fourth-order valence-corrected chi connectivity index (χ4v) is 2.01. The van der Waals surface area contributed by atoms with E-state index in [2.05, 4.69) is 0 Å². The zero-order valence-electron chi connectivity index (χ0n) is 9.67. The van der Waals surface area contributed by atoms with Crippen LogP contribution in [0.2, 0.25) is 10.0 Å². The largest absolute Gasteiger partial charge is 0.466 e. The summed E-state index contributed by atoms with van der Waals surface area (Å²) in [6, 6.07) is 4.92. The Hall–Kier alpha value is -0.770. The van der Waals surface area contributed by atoms with Crippen molar-refractivity contribution >= 4 is 29.2 Å². The molecule has 0 aliphatic carbocycles. The molecular weight excluding hydrogens is 263 g/mol. The Morgan fingerprint density at radius 3 is 2.71 bits per heavy atom. The Morgan fingerprint density at radius 2 is 2.12 bits per heavy atom. The summed E-state index contributed by atoms with van der Waals surface area (Å²) < 4.78 is 4.79. The van der Waals surface area contributed by atoms with Crippen molar-refractivity contribution in [3.63, 3.8) is 0 Å². The Kier molecular flexibility index (Phi) is 4.80. The highest BCUT2D eigenvalue weighted by Gasteiger charge is 2.30. The lowest BCUT2D eigenvalue weighted by Gasteiger charge is -2.24. The maximum atomic E-state index is 11.4. The number of aliphatic hydroxyl groups is 1. The molecule has 1 aromatic rings. The quantitative estimate of drug-likeness (QED) is 0.860. The average Bonchev–Trinajstić information content (AvgIpc) is 2.21. The third kappa shape index (κ3) is 3.60. The molecule has 0 saturated heterocycles. The van der Waals surface area contributed by atoms with Gasteiger partial charge < -0.3 is 9.84 Å². The molecule has 0 heterocycles. The molecule has 1 atom stereocenters. The van der Waals surface area contributed by atoms with Crippen LogP contribution in [0.4, 0.5) is 0 Å². The molecular formula is C12H14Cl2O3. The van der Waals surface area contributed by atoms with E-state index in [1.807, 2.05) is 0 Å². The van der Waals surface area contributed by atoms with Crippen LogP contribution in [0, 0.1) is 0 Å². The molecule has 0 aromatic heterocycles. The van der Waals surface area contributed by atoms with Gasteiger partial charge in [0, 0.05) is 5.56 Å². The van der Waals surface area contributed by atoms with Crippen LogP contribution >= 0.6 is 23.2 Å². The summed E-state index contributed by atoms with van der Waals surface area (Å²) >= 11 is 11.9. The lowest BCUT2D eigenvalue weighted by Crippen LogP contribution is -2.26. The molecule has 0 saturated carbocycles. The summed E-state index contributed by atoms with van der Waals surface area (Å²) in [5.74, 6) is -0.478. The lowest BCUT2D eigenvalue weighted by atomic mass is 9.92. The van der Waals surface area contributed by atoms with Crippen LogP contribution in [0.5, 0.6) is 0 Å². The van der Waals surface area contributed by atoms with Crippen LogP contribution < -0.4 is 0 Å². The SMILES string of the molecule is CCOC(=O)CC(C)(O)c1cccc(Cl)c1Cl. The highest BCUT2D eigenvalue weighted by atomic mass is 35.5. The third-order valence-corrected chi connectivity index (χ3v) is 3.14. The summed E-state index contributed by atoms with van der Waals surface area (Å²) in [6.07, 6.45) is -0.166. The van der Waals surface area contributed by atoms with E-state index in [1.54, 1.807) is 25.1 Å². The summed E-state index contributed by atoms with van der Waals surface area (Å²) in [4.78, 5) is 11.4. The summed E-state index contributed by atoms with van der Waals surface area (Å²) in [6.45, 7) is 3.48. The summed E-state index contributed by atoms with van der Waals surface area (Å²) in [7, 11) is 0. The molecule has 17 heavy (non-hydrogen) atoms. The summed E-state index contributed by atoms with van der Waals surface area (Å²) in [5.41, 5.74) is -0.978. The Morgan fingerprint density at radius 1 is 1.47 bits per heavy atom. The second kappa shape index (κ2) is 5.71. The molecule has 1 aromatic carbocycles. The van der Waals surface area contributed by atoms with E-state index in [9.17, 15) is 9.90 Å². The van der Waals surface area contributed by atoms with Crippen LogP contribution in [0.3, 0.4) is 0 Å². The van der Waals surface area contributed by atoms with Crippen LogP contribution in [0.15, 0.2) is 18.2 Å². The minimum absolute atomic E-state index is 0.166. The molecule has 1 rings (SSSR count).